The molecular weight excluding hydrogens is 162 g/mol. The van der Waals surface area contributed by atoms with Crippen molar-refractivity contribution in [1.29, 1.82) is 0 Å². The zero-order chi connectivity index (χ0) is 9.52. The van der Waals surface area contributed by atoms with Crippen LogP contribution >= 0.6 is 0 Å². The highest BCUT2D eigenvalue weighted by Crippen LogP contribution is 2.18. The number of ether oxygens (including phenoxy) is 1. The molecule has 1 heterocycles. The van der Waals surface area contributed by atoms with Crippen molar-refractivity contribution in [3.05, 3.63) is 12.7 Å². The average molecular weight is 183 g/mol. The fourth-order valence-electron chi connectivity index (χ4n) is 1.81. The summed E-state index contributed by atoms with van der Waals surface area (Å²) in [6.45, 7) is 4.64. The summed E-state index contributed by atoms with van der Waals surface area (Å²) in [6, 6.07) is 0.305. The molecule has 0 saturated carbocycles. The average Bonchev–Trinajstić information content (AvgIpc) is 2.57. The van der Waals surface area contributed by atoms with E-state index in [-0.39, 0.29) is 0 Å². The largest absolute Gasteiger partial charge is 0.378 e. The van der Waals surface area contributed by atoms with Gasteiger partial charge in [0, 0.05) is 12.6 Å². The molecule has 76 valence electrons. The second-order valence-electron chi connectivity index (χ2n) is 3.85. The molecule has 1 aliphatic heterocycles. The fourth-order valence-corrected chi connectivity index (χ4v) is 1.81. The standard InChI is InChI=1S/C11H21NO/c1-2-5-10(12)6-3-7-11-8-4-9-13-11/h2,10-11H,1,3-9,12H2. The Labute approximate surface area is 81.1 Å². The first kappa shape index (κ1) is 10.7. The van der Waals surface area contributed by atoms with Crippen LogP contribution in [0.15, 0.2) is 12.7 Å². The topological polar surface area (TPSA) is 35.2 Å². The van der Waals surface area contributed by atoms with Crippen LogP contribution < -0.4 is 5.73 Å². The maximum absolute atomic E-state index is 5.86. The predicted octanol–water partition coefficient (Wildman–Crippen LogP) is 2.24. The van der Waals surface area contributed by atoms with Gasteiger partial charge in [0.25, 0.3) is 0 Å². The molecule has 0 aliphatic carbocycles. The molecule has 0 aromatic heterocycles. The Morgan fingerprint density at radius 2 is 2.46 bits per heavy atom. The van der Waals surface area contributed by atoms with Gasteiger partial charge in [-0.2, -0.15) is 0 Å². The van der Waals surface area contributed by atoms with E-state index < -0.39 is 0 Å². The fraction of sp³-hybridized carbons (Fsp3) is 0.818. The van der Waals surface area contributed by atoms with Gasteiger partial charge in [0.1, 0.15) is 0 Å². The normalized spacial score (nSPS) is 24.5. The summed E-state index contributed by atoms with van der Waals surface area (Å²) < 4.78 is 5.53. The monoisotopic (exact) mass is 183 g/mol. The molecule has 1 fully saturated rings. The summed E-state index contributed by atoms with van der Waals surface area (Å²) in [5.74, 6) is 0. The van der Waals surface area contributed by atoms with Crippen LogP contribution in [0.4, 0.5) is 0 Å². The second-order valence-corrected chi connectivity index (χ2v) is 3.85. The Bertz CT molecular complexity index is 141. The smallest absolute Gasteiger partial charge is 0.0576 e. The Morgan fingerprint density at radius 1 is 1.62 bits per heavy atom. The molecule has 0 radical (unpaired) electrons. The lowest BCUT2D eigenvalue weighted by Crippen LogP contribution is -2.19. The Morgan fingerprint density at radius 3 is 3.08 bits per heavy atom. The van der Waals surface area contributed by atoms with Crippen LogP contribution in [0.1, 0.15) is 38.5 Å². The third kappa shape index (κ3) is 4.44. The SMILES string of the molecule is C=CCC(N)CCCC1CCCO1. The third-order valence-corrected chi connectivity index (χ3v) is 2.59. The van der Waals surface area contributed by atoms with Crippen LogP contribution in [0, 0.1) is 0 Å². The van der Waals surface area contributed by atoms with Crippen molar-refractivity contribution in [3.8, 4) is 0 Å². The summed E-state index contributed by atoms with van der Waals surface area (Å²) in [6.07, 6.45) is 9.33. The minimum absolute atomic E-state index is 0.305. The highest BCUT2D eigenvalue weighted by molar-refractivity contribution is 4.75. The maximum Gasteiger partial charge on any atom is 0.0576 e. The first-order valence-corrected chi connectivity index (χ1v) is 5.31. The van der Waals surface area contributed by atoms with Gasteiger partial charge in [-0.15, -0.1) is 6.58 Å². The van der Waals surface area contributed by atoms with Crippen LogP contribution in [0.2, 0.25) is 0 Å². The number of nitrogens with two attached hydrogens (primary N) is 1. The van der Waals surface area contributed by atoms with E-state index >= 15 is 0 Å². The Hall–Kier alpha value is -0.340. The van der Waals surface area contributed by atoms with E-state index in [1.165, 1.54) is 25.7 Å². The molecule has 0 amide bonds. The van der Waals surface area contributed by atoms with E-state index in [4.69, 9.17) is 10.5 Å². The molecule has 0 aromatic rings. The first-order valence-electron chi connectivity index (χ1n) is 5.31. The Balaban J connectivity index is 1.96. The Kier molecular flexibility index (Phi) is 5.09. The van der Waals surface area contributed by atoms with E-state index in [1.54, 1.807) is 0 Å². The van der Waals surface area contributed by atoms with Crippen molar-refractivity contribution in [2.75, 3.05) is 6.61 Å². The zero-order valence-electron chi connectivity index (χ0n) is 8.37. The van der Waals surface area contributed by atoms with Crippen LogP contribution in [-0.2, 0) is 4.74 Å². The first-order chi connectivity index (χ1) is 6.33. The van der Waals surface area contributed by atoms with Crippen LogP contribution in [0.5, 0.6) is 0 Å². The van der Waals surface area contributed by atoms with Crippen molar-refractivity contribution >= 4 is 0 Å². The highest BCUT2D eigenvalue weighted by Gasteiger charge is 2.14. The molecule has 1 saturated heterocycles. The highest BCUT2D eigenvalue weighted by atomic mass is 16.5. The lowest BCUT2D eigenvalue weighted by molar-refractivity contribution is 0.101. The molecule has 13 heavy (non-hydrogen) atoms. The van der Waals surface area contributed by atoms with Gasteiger partial charge in [-0.1, -0.05) is 6.08 Å². The molecule has 2 atom stereocenters. The molecule has 2 heteroatoms. The number of hydrogen-bond donors (Lipinski definition) is 1. The maximum atomic E-state index is 5.86. The summed E-state index contributed by atoms with van der Waals surface area (Å²) in [4.78, 5) is 0. The van der Waals surface area contributed by atoms with Crippen LogP contribution in [0.25, 0.3) is 0 Å². The summed E-state index contributed by atoms with van der Waals surface area (Å²) in [5, 5.41) is 0. The minimum atomic E-state index is 0.305. The van der Waals surface area contributed by atoms with E-state index in [1.807, 2.05) is 6.08 Å². The van der Waals surface area contributed by atoms with Gasteiger partial charge in [-0.25, -0.2) is 0 Å². The van der Waals surface area contributed by atoms with Gasteiger partial charge in [-0.3, -0.25) is 0 Å². The van der Waals surface area contributed by atoms with Gasteiger partial charge in [0.2, 0.25) is 0 Å². The molecule has 2 unspecified atom stereocenters. The van der Waals surface area contributed by atoms with Crippen molar-refractivity contribution < 1.29 is 4.74 Å². The van der Waals surface area contributed by atoms with Crippen molar-refractivity contribution in [1.82, 2.24) is 0 Å². The lowest BCUT2D eigenvalue weighted by Gasteiger charge is -2.11. The van der Waals surface area contributed by atoms with E-state index in [9.17, 15) is 0 Å². The van der Waals surface area contributed by atoms with E-state index in [0.29, 0.717) is 12.1 Å². The quantitative estimate of drug-likeness (QED) is 0.641. The molecule has 0 aromatic carbocycles. The third-order valence-electron chi connectivity index (χ3n) is 2.59. The summed E-state index contributed by atoms with van der Waals surface area (Å²) >= 11 is 0. The molecule has 2 nitrogen and oxygen atoms in total. The van der Waals surface area contributed by atoms with Crippen molar-refractivity contribution in [3.63, 3.8) is 0 Å². The van der Waals surface area contributed by atoms with Gasteiger partial charge in [0.15, 0.2) is 0 Å². The predicted molar refractivity (Wildman–Crippen MR) is 55.6 cm³/mol. The molecule has 1 aliphatic rings. The van der Waals surface area contributed by atoms with Gasteiger partial charge in [0.05, 0.1) is 6.10 Å². The second kappa shape index (κ2) is 6.17. The van der Waals surface area contributed by atoms with Crippen molar-refractivity contribution in [2.45, 2.75) is 50.7 Å². The van der Waals surface area contributed by atoms with Crippen LogP contribution in [-0.4, -0.2) is 18.8 Å². The zero-order valence-corrected chi connectivity index (χ0v) is 8.37. The summed E-state index contributed by atoms with van der Waals surface area (Å²) in [7, 11) is 0. The van der Waals surface area contributed by atoms with Crippen LogP contribution in [0.3, 0.4) is 0 Å². The number of hydrogen-bond acceptors (Lipinski definition) is 2. The molecular formula is C11H21NO. The van der Waals surface area contributed by atoms with E-state index in [0.717, 1.165) is 19.4 Å². The van der Waals surface area contributed by atoms with Gasteiger partial charge >= 0.3 is 0 Å². The summed E-state index contributed by atoms with van der Waals surface area (Å²) in [5.41, 5.74) is 5.86. The lowest BCUT2D eigenvalue weighted by atomic mass is 10.0. The number of rotatable bonds is 6. The molecule has 1 rings (SSSR count). The van der Waals surface area contributed by atoms with Gasteiger partial charge < -0.3 is 10.5 Å². The van der Waals surface area contributed by atoms with Crippen molar-refractivity contribution in [2.24, 2.45) is 5.73 Å². The molecule has 2 N–H and O–H groups in total. The van der Waals surface area contributed by atoms with Gasteiger partial charge in [-0.05, 0) is 38.5 Å². The molecule has 0 bridgehead atoms. The molecule has 0 spiro atoms. The van der Waals surface area contributed by atoms with E-state index in [2.05, 4.69) is 6.58 Å². The minimum Gasteiger partial charge on any atom is -0.378 e.